The summed E-state index contributed by atoms with van der Waals surface area (Å²) in [5.41, 5.74) is 1.46. The topological polar surface area (TPSA) is 75.5 Å². The zero-order valence-corrected chi connectivity index (χ0v) is 16.0. The number of hydrogen-bond donors (Lipinski definition) is 2. The summed E-state index contributed by atoms with van der Waals surface area (Å²) in [6, 6.07) is 8.95. The maximum absolute atomic E-state index is 13.5. The van der Waals surface area contributed by atoms with Gasteiger partial charge in [-0.15, -0.1) is 0 Å². The van der Waals surface area contributed by atoms with E-state index in [0.717, 1.165) is 12.1 Å². The molecule has 2 heterocycles. The summed E-state index contributed by atoms with van der Waals surface area (Å²) < 4.78 is 28.8. The highest BCUT2D eigenvalue weighted by molar-refractivity contribution is 5.94. The first kappa shape index (κ1) is 20.4. The van der Waals surface area contributed by atoms with Gasteiger partial charge in [0.2, 0.25) is 5.91 Å². The highest BCUT2D eigenvalue weighted by Crippen LogP contribution is 2.18. The molecule has 0 aliphatic carbocycles. The molecule has 2 amide bonds. The van der Waals surface area contributed by atoms with E-state index in [0.29, 0.717) is 42.8 Å². The molecule has 0 saturated carbocycles. The van der Waals surface area contributed by atoms with Crippen molar-refractivity contribution in [2.45, 2.75) is 32.6 Å². The molecular formula is C21H22F2N4O2. The third-order valence-electron chi connectivity index (χ3n) is 4.51. The number of fused-ring (bicyclic) bond motifs is 1. The van der Waals surface area contributed by atoms with E-state index < -0.39 is 23.2 Å². The largest absolute Gasteiger partial charge is 0.351 e. The van der Waals surface area contributed by atoms with Crippen molar-refractivity contribution < 1.29 is 18.4 Å². The number of anilines is 1. The lowest BCUT2D eigenvalue weighted by molar-refractivity contribution is -0.116. The van der Waals surface area contributed by atoms with Gasteiger partial charge in [-0.05, 0) is 44.0 Å². The number of rotatable bonds is 8. The molecule has 2 N–H and O–H groups in total. The predicted octanol–water partition coefficient (Wildman–Crippen LogP) is 3.85. The van der Waals surface area contributed by atoms with Crippen molar-refractivity contribution in [3.05, 3.63) is 65.6 Å². The molecule has 0 fully saturated rings. The van der Waals surface area contributed by atoms with Crippen LogP contribution in [0.25, 0.3) is 5.65 Å². The highest BCUT2D eigenvalue weighted by atomic mass is 19.1. The van der Waals surface area contributed by atoms with Gasteiger partial charge in [0.1, 0.15) is 28.7 Å². The van der Waals surface area contributed by atoms with Crippen molar-refractivity contribution in [1.29, 1.82) is 0 Å². The van der Waals surface area contributed by atoms with Crippen molar-refractivity contribution in [1.82, 2.24) is 14.7 Å². The number of para-hydroxylation sites is 1. The molecule has 0 unspecified atom stereocenters. The van der Waals surface area contributed by atoms with Crippen molar-refractivity contribution in [2.24, 2.45) is 0 Å². The number of nitrogens with zero attached hydrogens (tertiary/aromatic N) is 2. The molecule has 6 nitrogen and oxygen atoms in total. The first-order valence-corrected chi connectivity index (χ1v) is 9.43. The predicted molar refractivity (Wildman–Crippen MR) is 106 cm³/mol. The number of amides is 2. The molecule has 8 heteroatoms. The van der Waals surface area contributed by atoms with E-state index in [4.69, 9.17) is 0 Å². The Balaban J connectivity index is 1.39. The number of halogens is 2. The van der Waals surface area contributed by atoms with E-state index in [1.54, 1.807) is 17.5 Å². The Kier molecular flexibility index (Phi) is 6.54. The summed E-state index contributed by atoms with van der Waals surface area (Å²) in [6.45, 7) is 2.25. The molecule has 0 radical (unpaired) electrons. The first-order chi connectivity index (χ1) is 14.0. The van der Waals surface area contributed by atoms with Crippen molar-refractivity contribution in [3.63, 3.8) is 0 Å². The number of aromatic nitrogens is 2. The molecule has 152 valence electrons. The van der Waals surface area contributed by atoms with Crippen LogP contribution in [-0.4, -0.2) is 27.7 Å². The number of benzene rings is 1. The number of aryl methyl sites for hydroxylation is 1. The van der Waals surface area contributed by atoms with Gasteiger partial charge in [-0.25, -0.2) is 13.8 Å². The lowest BCUT2D eigenvalue weighted by Gasteiger charge is -2.08. The zero-order valence-electron chi connectivity index (χ0n) is 16.0. The van der Waals surface area contributed by atoms with Crippen LogP contribution < -0.4 is 10.6 Å². The molecule has 2 aromatic heterocycles. The molecule has 29 heavy (non-hydrogen) atoms. The Morgan fingerprint density at radius 1 is 1.03 bits per heavy atom. The molecular weight excluding hydrogens is 378 g/mol. The lowest BCUT2D eigenvalue weighted by atomic mass is 10.2. The fourth-order valence-corrected chi connectivity index (χ4v) is 3.08. The Hall–Kier alpha value is -3.29. The minimum atomic E-state index is -0.802. The lowest BCUT2D eigenvalue weighted by Crippen LogP contribution is -2.26. The molecule has 0 aliphatic rings. The summed E-state index contributed by atoms with van der Waals surface area (Å²) in [5, 5.41) is 5.12. The number of hydrogen-bond acceptors (Lipinski definition) is 3. The van der Waals surface area contributed by atoms with E-state index in [1.807, 2.05) is 18.2 Å². The van der Waals surface area contributed by atoms with Gasteiger partial charge in [0.15, 0.2) is 0 Å². The number of pyridine rings is 1. The molecule has 0 aliphatic heterocycles. The van der Waals surface area contributed by atoms with Crippen molar-refractivity contribution >= 4 is 23.1 Å². The van der Waals surface area contributed by atoms with E-state index in [2.05, 4.69) is 15.6 Å². The van der Waals surface area contributed by atoms with Gasteiger partial charge in [0.05, 0.1) is 5.69 Å². The monoisotopic (exact) mass is 400 g/mol. The smallest absolute Gasteiger partial charge is 0.270 e. The van der Waals surface area contributed by atoms with Crippen molar-refractivity contribution in [3.8, 4) is 0 Å². The average Bonchev–Trinajstić information content (AvgIpc) is 3.03. The maximum Gasteiger partial charge on any atom is 0.270 e. The SMILES string of the molecule is Cc1nc2ccccn2c1C(=O)NCCCCCC(=O)Nc1c(F)cccc1F. The summed E-state index contributed by atoms with van der Waals surface area (Å²) in [5.74, 6) is -2.25. The summed E-state index contributed by atoms with van der Waals surface area (Å²) in [6.07, 6.45) is 3.87. The zero-order chi connectivity index (χ0) is 20.8. The molecule has 0 atom stereocenters. The Morgan fingerprint density at radius 2 is 1.79 bits per heavy atom. The number of carbonyl (C=O) groups is 2. The third-order valence-corrected chi connectivity index (χ3v) is 4.51. The molecule has 3 aromatic rings. The normalized spacial score (nSPS) is 10.9. The summed E-state index contributed by atoms with van der Waals surface area (Å²) in [7, 11) is 0. The number of unbranched alkanes of at least 4 members (excludes halogenated alkanes) is 2. The maximum atomic E-state index is 13.5. The van der Waals surface area contributed by atoms with Crippen LogP contribution in [-0.2, 0) is 4.79 Å². The number of nitrogens with one attached hydrogen (secondary N) is 2. The second kappa shape index (κ2) is 9.27. The van der Waals surface area contributed by atoms with Crippen LogP contribution in [0.4, 0.5) is 14.5 Å². The molecule has 0 spiro atoms. The van der Waals surface area contributed by atoms with E-state index in [1.165, 1.54) is 6.07 Å². The molecule has 0 saturated heterocycles. The minimum absolute atomic E-state index is 0.147. The van der Waals surface area contributed by atoms with Gasteiger partial charge in [-0.1, -0.05) is 18.6 Å². The second-order valence-corrected chi connectivity index (χ2v) is 6.69. The van der Waals surface area contributed by atoms with Crippen LogP contribution in [0.5, 0.6) is 0 Å². The van der Waals surface area contributed by atoms with Crippen LogP contribution in [0.1, 0.15) is 41.9 Å². The van der Waals surface area contributed by atoms with Crippen molar-refractivity contribution in [2.75, 3.05) is 11.9 Å². The highest BCUT2D eigenvalue weighted by Gasteiger charge is 2.15. The summed E-state index contributed by atoms with van der Waals surface area (Å²) in [4.78, 5) is 28.7. The molecule has 1 aromatic carbocycles. The molecule has 3 rings (SSSR count). The van der Waals surface area contributed by atoms with E-state index >= 15 is 0 Å². The van der Waals surface area contributed by atoms with Gasteiger partial charge in [-0.2, -0.15) is 0 Å². The average molecular weight is 400 g/mol. The quantitative estimate of drug-likeness (QED) is 0.564. The second-order valence-electron chi connectivity index (χ2n) is 6.69. The fourth-order valence-electron chi connectivity index (χ4n) is 3.08. The van der Waals surface area contributed by atoms with Crippen LogP contribution in [0, 0.1) is 18.6 Å². The summed E-state index contributed by atoms with van der Waals surface area (Å²) >= 11 is 0. The Morgan fingerprint density at radius 3 is 2.55 bits per heavy atom. The first-order valence-electron chi connectivity index (χ1n) is 9.43. The van der Waals surface area contributed by atoms with Gasteiger partial charge in [-0.3, -0.25) is 14.0 Å². The standard InChI is InChI=1S/C21H22F2N4O2/c1-14-20(27-13-6-4-10-17(27)25-14)21(29)24-12-5-2-3-11-18(28)26-19-15(22)8-7-9-16(19)23/h4,6-10,13H,2-3,5,11-12H2,1H3,(H,24,29)(H,26,28). The van der Waals surface area contributed by atoms with Crippen LogP contribution >= 0.6 is 0 Å². The van der Waals surface area contributed by atoms with Gasteiger partial charge >= 0.3 is 0 Å². The van der Waals surface area contributed by atoms with Gasteiger partial charge in [0.25, 0.3) is 5.91 Å². The Labute approximate surface area is 166 Å². The van der Waals surface area contributed by atoms with Crippen LogP contribution in [0.15, 0.2) is 42.6 Å². The third kappa shape index (κ3) is 4.96. The number of carbonyl (C=O) groups excluding carboxylic acids is 2. The van der Waals surface area contributed by atoms with E-state index in [-0.39, 0.29) is 12.3 Å². The fraction of sp³-hybridized carbons (Fsp3) is 0.286. The number of imidazole rings is 1. The molecule has 0 bridgehead atoms. The van der Waals surface area contributed by atoms with Gasteiger partial charge in [0, 0.05) is 19.2 Å². The van der Waals surface area contributed by atoms with Gasteiger partial charge < -0.3 is 10.6 Å². The Bertz CT molecular complexity index is 1010. The van der Waals surface area contributed by atoms with E-state index in [9.17, 15) is 18.4 Å². The minimum Gasteiger partial charge on any atom is -0.351 e. The van der Waals surface area contributed by atoms with Crippen LogP contribution in [0.3, 0.4) is 0 Å². The van der Waals surface area contributed by atoms with Crippen LogP contribution in [0.2, 0.25) is 0 Å².